The number of methoxy groups -OCH3 is 1. The van der Waals surface area contributed by atoms with Crippen LogP contribution in [0.3, 0.4) is 0 Å². The third kappa shape index (κ3) is 6.29. The van der Waals surface area contributed by atoms with E-state index in [0.29, 0.717) is 38.7 Å². The van der Waals surface area contributed by atoms with Crippen LogP contribution in [0.4, 0.5) is 0 Å². The number of aromatic nitrogens is 2. The molecule has 0 fully saturated rings. The van der Waals surface area contributed by atoms with Gasteiger partial charge in [-0.05, 0) is 81.5 Å². The van der Waals surface area contributed by atoms with Gasteiger partial charge in [-0.15, -0.1) is 0 Å². The van der Waals surface area contributed by atoms with E-state index < -0.39 is 18.0 Å². The normalized spacial score (nSPS) is 14.4. The van der Waals surface area contributed by atoms with Crippen LogP contribution in [0.5, 0.6) is 11.5 Å². The van der Waals surface area contributed by atoms with Crippen LogP contribution in [0.15, 0.2) is 87.8 Å². The predicted molar refractivity (Wildman–Crippen MR) is 188 cm³/mol. The fourth-order valence-corrected chi connectivity index (χ4v) is 7.27. The van der Waals surface area contributed by atoms with Crippen molar-refractivity contribution in [2.75, 3.05) is 26.9 Å². The van der Waals surface area contributed by atoms with Gasteiger partial charge in [0.1, 0.15) is 0 Å². The summed E-state index contributed by atoms with van der Waals surface area (Å²) in [5, 5.41) is 2.28. The Kier molecular flexibility index (Phi) is 9.55. The molecule has 0 spiro atoms. The number of thiazole rings is 1. The Morgan fingerprint density at radius 3 is 2.47 bits per heavy atom. The maximum Gasteiger partial charge on any atom is 0.343 e. The van der Waals surface area contributed by atoms with Crippen LogP contribution in [-0.4, -0.2) is 48.0 Å². The van der Waals surface area contributed by atoms with Gasteiger partial charge in [-0.1, -0.05) is 53.8 Å². The molecule has 11 heteroatoms. The molecule has 6 rings (SSSR count). The summed E-state index contributed by atoms with van der Waals surface area (Å²) in [6.45, 7) is 9.56. The molecule has 0 saturated heterocycles. The van der Waals surface area contributed by atoms with E-state index in [1.807, 2.05) is 38.1 Å². The summed E-state index contributed by atoms with van der Waals surface area (Å²) in [6, 6.07) is 20.8. The zero-order chi connectivity index (χ0) is 34.8. The van der Waals surface area contributed by atoms with Gasteiger partial charge in [0, 0.05) is 16.8 Å². The standard InChI is InChI=1S/C38H37N3O7S/c1-7-46-31-19-26(16-17-30(31)48-21-33(42)45-6)35-34(37(44)47-8-2)23(4)39-38-41(35)36(43)32(49-38)20-27-18-22(3)40(24(27)5)29-15-11-13-25-12-9-10-14-28(25)29/h9-20,35H,7-8,21H2,1-6H3/b32-20-/t35-/m0/s1. The van der Waals surface area contributed by atoms with Crippen LogP contribution >= 0.6 is 11.3 Å². The van der Waals surface area contributed by atoms with Gasteiger partial charge in [0.25, 0.3) is 5.56 Å². The van der Waals surface area contributed by atoms with Gasteiger partial charge < -0.3 is 23.5 Å². The molecule has 3 heterocycles. The number of rotatable bonds is 10. The first-order chi connectivity index (χ1) is 23.7. The van der Waals surface area contributed by atoms with Crippen molar-refractivity contribution in [3.05, 3.63) is 120 Å². The minimum Gasteiger partial charge on any atom is -0.490 e. The van der Waals surface area contributed by atoms with Crippen LogP contribution in [-0.2, 0) is 19.1 Å². The lowest BCUT2D eigenvalue weighted by atomic mass is 9.95. The summed E-state index contributed by atoms with van der Waals surface area (Å²) in [5.41, 5.74) is 4.99. The summed E-state index contributed by atoms with van der Waals surface area (Å²) >= 11 is 1.27. The molecule has 10 nitrogen and oxygen atoms in total. The summed E-state index contributed by atoms with van der Waals surface area (Å²) in [7, 11) is 1.28. The number of esters is 2. The van der Waals surface area contributed by atoms with Gasteiger partial charge in [-0.25, -0.2) is 14.6 Å². The second-order valence-electron chi connectivity index (χ2n) is 11.5. The molecular weight excluding hydrogens is 642 g/mol. The number of ether oxygens (including phenoxy) is 4. The molecule has 0 amide bonds. The molecule has 3 aromatic carbocycles. The molecule has 0 radical (unpaired) electrons. The van der Waals surface area contributed by atoms with E-state index in [2.05, 4.69) is 41.8 Å². The fraction of sp³-hybridized carbons (Fsp3) is 0.263. The van der Waals surface area contributed by atoms with Crippen molar-refractivity contribution < 1.29 is 28.5 Å². The van der Waals surface area contributed by atoms with Crippen LogP contribution < -0.4 is 24.4 Å². The molecule has 0 bridgehead atoms. The molecule has 0 N–H and O–H groups in total. The Labute approximate surface area is 287 Å². The fourth-order valence-electron chi connectivity index (χ4n) is 6.23. The molecular formula is C38H37N3O7S. The maximum atomic E-state index is 14.4. The van der Waals surface area contributed by atoms with Crippen molar-refractivity contribution in [2.45, 2.75) is 40.7 Å². The van der Waals surface area contributed by atoms with E-state index in [1.54, 1.807) is 36.6 Å². The number of hydrogen-bond donors (Lipinski definition) is 0. The van der Waals surface area contributed by atoms with E-state index >= 15 is 0 Å². The number of benzene rings is 3. The molecule has 5 aromatic rings. The Morgan fingerprint density at radius 2 is 1.71 bits per heavy atom. The minimum absolute atomic E-state index is 0.156. The molecule has 0 saturated carbocycles. The van der Waals surface area contributed by atoms with Crippen molar-refractivity contribution in [3.8, 4) is 17.2 Å². The van der Waals surface area contributed by atoms with Crippen molar-refractivity contribution in [1.82, 2.24) is 9.13 Å². The average molecular weight is 680 g/mol. The first-order valence-electron chi connectivity index (χ1n) is 16.0. The number of nitrogens with zero attached hydrogens (tertiary/aromatic N) is 3. The number of hydrogen-bond acceptors (Lipinski definition) is 9. The summed E-state index contributed by atoms with van der Waals surface area (Å²) < 4.78 is 25.9. The minimum atomic E-state index is -0.852. The number of fused-ring (bicyclic) bond motifs is 2. The highest BCUT2D eigenvalue weighted by Crippen LogP contribution is 2.36. The summed E-state index contributed by atoms with van der Waals surface area (Å²) in [6.07, 6.45) is 1.89. The first-order valence-corrected chi connectivity index (χ1v) is 16.8. The highest BCUT2D eigenvalue weighted by Gasteiger charge is 2.34. The van der Waals surface area contributed by atoms with Gasteiger partial charge in [-0.3, -0.25) is 9.36 Å². The Morgan fingerprint density at radius 1 is 0.939 bits per heavy atom. The van der Waals surface area contributed by atoms with Crippen molar-refractivity contribution in [3.63, 3.8) is 0 Å². The molecule has 252 valence electrons. The largest absolute Gasteiger partial charge is 0.490 e. The Hall–Kier alpha value is -5.42. The lowest BCUT2D eigenvalue weighted by Crippen LogP contribution is -2.40. The predicted octanol–water partition coefficient (Wildman–Crippen LogP) is 5.31. The number of allylic oxidation sites excluding steroid dienone is 1. The average Bonchev–Trinajstić information content (AvgIpc) is 3.55. The lowest BCUT2D eigenvalue weighted by Gasteiger charge is -2.25. The Bertz CT molecular complexity index is 2310. The van der Waals surface area contributed by atoms with Crippen molar-refractivity contribution in [2.24, 2.45) is 4.99 Å². The van der Waals surface area contributed by atoms with Gasteiger partial charge in [-0.2, -0.15) is 0 Å². The second kappa shape index (κ2) is 14.0. The Balaban J connectivity index is 1.50. The third-order valence-electron chi connectivity index (χ3n) is 8.44. The molecule has 0 unspecified atom stereocenters. The third-order valence-corrected chi connectivity index (χ3v) is 9.42. The van der Waals surface area contributed by atoms with Crippen LogP contribution in [0.2, 0.25) is 0 Å². The number of carbonyl (C=O) groups excluding carboxylic acids is 2. The van der Waals surface area contributed by atoms with Crippen LogP contribution in [0.25, 0.3) is 22.5 Å². The highest BCUT2D eigenvalue weighted by atomic mass is 32.1. The number of carbonyl (C=O) groups is 2. The van der Waals surface area contributed by atoms with Gasteiger partial charge in [0.2, 0.25) is 0 Å². The van der Waals surface area contributed by atoms with E-state index in [0.717, 1.165) is 33.4 Å². The smallest absolute Gasteiger partial charge is 0.343 e. The topological polar surface area (TPSA) is 110 Å². The quantitative estimate of drug-likeness (QED) is 0.184. The van der Waals surface area contributed by atoms with E-state index in [-0.39, 0.29) is 24.3 Å². The zero-order valence-electron chi connectivity index (χ0n) is 28.2. The van der Waals surface area contributed by atoms with E-state index in [9.17, 15) is 14.4 Å². The summed E-state index contributed by atoms with van der Waals surface area (Å²) in [4.78, 5) is 44.7. The van der Waals surface area contributed by atoms with Gasteiger partial charge in [0.05, 0.1) is 47.9 Å². The van der Waals surface area contributed by atoms with Crippen molar-refractivity contribution in [1.29, 1.82) is 0 Å². The van der Waals surface area contributed by atoms with Crippen molar-refractivity contribution >= 4 is 40.1 Å². The molecule has 2 aromatic heterocycles. The second-order valence-corrected chi connectivity index (χ2v) is 12.5. The zero-order valence-corrected chi connectivity index (χ0v) is 29.1. The molecule has 0 aliphatic carbocycles. The summed E-state index contributed by atoms with van der Waals surface area (Å²) in [5.74, 6) is -0.432. The maximum absolute atomic E-state index is 14.4. The molecule has 1 aliphatic rings. The highest BCUT2D eigenvalue weighted by molar-refractivity contribution is 7.07. The van der Waals surface area contributed by atoms with E-state index in [1.165, 1.54) is 18.4 Å². The lowest BCUT2D eigenvalue weighted by molar-refractivity contribution is -0.143. The van der Waals surface area contributed by atoms with E-state index in [4.69, 9.17) is 23.9 Å². The van der Waals surface area contributed by atoms with Gasteiger partial charge >= 0.3 is 11.9 Å². The molecule has 1 atom stereocenters. The number of aryl methyl sites for hydroxylation is 1. The molecule has 1 aliphatic heterocycles. The van der Waals surface area contributed by atoms with Crippen LogP contribution in [0, 0.1) is 13.8 Å². The van der Waals surface area contributed by atoms with Gasteiger partial charge in [0.15, 0.2) is 22.9 Å². The SMILES string of the molecule is CCOC(=O)C1=C(C)N=c2s/c(=C\c3cc(C)n(-c4cccc5ccccc45)c3C)c(=O)n2[C@H]1c1ccc(OCC(=O)OC)c(OCC)c1. The van der Waals surface area contributed by atoms with Crippen LogP contribution in [0.1, 0.15) is 49.3 Å². The molecule has 49 heavy (non-hydrogen) atoms. The first kappa shape index (κ1) is 33.5. The monoisotopic (exact) mass is 679 g/mol.